The van der Waals surface area contributed by atoms with E-state index in [9.17, 15) is 0 Å². The van der Waals surface area contributed by atoms with Gasteiger partial charge in [-0.1, -0.05) is 0 Å². The van der Waals surface area contributed by atoms with Crippen LogP contribution in [0.5, 0.6) is 0 Å². The third-order valence-electron chi connectivity index (χ3n) is 0.778. The average molecular weight is 132 g/mol. The minimum atomic E-state index is 0.164. The van der Waals surface area contributed by atoms with Crippen molar-refractivity contribution in [2.75, 3.05) is 13.7 Å². The van der Waals surface area contributed by atoms with Gasteiger partial charge in [0.15, 0.2) is 0 Å². The van der Waals surface area contributed by atoms with Crippen LogP contribution in [0, 0.1) is 0 Å². The van der Waals surface area contributed by atoms with Crippen molar-refractivity contribution in [3.8, 4) is 0 Å². The zero-order valence-corrected chi connectivity index (χ0v) is 5.66. The number of hydroxylamine groups is 2. The van der Waals surface area contributed by atoms with Crippen LogP contribution in [0.2, 0.25) is 0 Å². The molecule has 4 N–H and O–H groups in total. The van der Waals surface area contributed by atoms with Gasteiger partial charge in [-0.2, -0.15) is 0 Å². The van der Waals surface area contributed by atoms with E-state index in [-0.39, 0.29) is 5.96 Å². The van der Waals surface area contributed by atoms with Gasteiger partial charge in [-0.3, -0.25) is 4.84 Å². The SMILES string of the molecule is CCON(C)C(N)=NN. The number of nitrogens with two attached hydrogens (primary N) is 2. The van der Waals surface area contributed by atoms with Crippen molar-refractivity contribution < 1.29 is 4.84 Å². The summed E-state index contributed by atoms with van der Waals surface area (Å²) < 4.78 is 0. The molecule has 0 aromatic heterocycles. The molecular weight excluding hydrogens is 120 g/mol. The first-order chi connectivity index (χ1) is 4.22. The number of hydrazone groups is 1. The molecule has 5 heteroatoms. The molecule has 0 spiro atoms. The molecule has 0 aromatic carbocycles. The molecule has 0 aliphatic carbocycles. The second-order valence-corrected chi connectivity index (χ2v) is 1.40. The highest BCUT2D eigenvalue weighted by Crippen LogP contribution is 1.80. The van der Waals surface area contributed by atoms with Crippen LogP contribution < -0.4 is 11.6 Å². The van der Waals surface area contributed by atoms with Gasteiger partial charge in [0.1, 0.15) is 0 Å². The lowest BCUT2D eigenvalue weighted by atomic mass is 10.9. The van der Waals surface area contributed by atoms with Crippen LogP contribution in [0.3, 0.4) is 0 Å². The second kappa shape index (κ2) is 3.96. The van der Waals surface area contributed by atoms with Gasteiger partial charge in [-0.05, 0) is 6.92 Å². The molecule has 0 saturated carbocycles. The monoisotopic (exact) mass is 132 g/mol. The van der Waals surface area contributed by atoms with Gasteiger partial charge in [0.25, 0.3) is 0 Å². The Hall–Kier alpha value is -0.970. The molecule has 0 amide bonds. The molecule has 0 unspecified atom stereocenters. The van der Waals surface area contributed by atoms with Crippen molar-refractivity contribution in [1.82, 2.24) is 5.06 Å². The summed E-state index contributed by atoms with van der Waals surface area (Å²) in [5.41, 5.74) is 5.23. The largest absolute Gasteiger partial charge is 0.367 e. The van der Waals surface area contributed by atoms with Gasteiger partial charge in [-0.25, -0.2) is 5.06 Å². The fraction of sp³-hybridized carbons (Fsp3) is 0.750. The molecule has 0 heterocycles. The van der Waals surface area contributed by atoms with Gasteiger partial charge in [0, 0.05) is 7.05 Å². The molecule has 0 aliphatic heterocycles. The summed E-state index contributed by atoms with van der Waals surface area (Å²) in [7, 11) is 1.63. The van der Waals surface area contributed by atoms with Crippen molar-refractivity contribution in [3.05, 3.63) is 0 Å². The van der Waals surface area contributed by atoms with Crippen LogP contribution in [0.25, 0.3) is 0 Å². The summed E-state index contributed by atoms with van der Waals surface area (Å²) in [6.45, 7) is 2.40. The van der Waals surface area contributed by atoms with E-state index >= 15 is 0 Å². The molecule has 0 aliphatic rings. The minimum absolute atomic E-state index is 0.164. The molecule has 0 rings (SSSR count). The lowest BCUT2D eigenvalue weighted by molar-refractivity contribution is -0.0740. The summed E-state index contributed by atoms with van der Waals surface area (Å²) in [6, 6.07) is 0. The molecular formula is C4H12N4O. The molecule has 5 nitrogen and oxygen atoms in total. The average Bonchev–Trinajstić information content (AvgIpc) is 1.87. The Kier molecular flexibility index (Phi) is 3.54. The third kappa shape index (κ3) is 2.76. The smallest absolute Gasteiger partial charge is 0.237 e. The second-order valence-electron chi connectivity index (χ2n) is 1.40. The number of nitrogens with zero attached hydrogens (tertiary/aromatic N) is 2. The van der Waals surface area contributed by atoms with Crippen LogP contribution in [-0.4, -0.2) is 24.7 Å². The van der Waals surface area contributed by atoms with Gasteiger partial charge in [-0.15, -0.1) is 5.10 Å². The molecule has 0 bridgehead atoms. The summed E-state index contributed by atoms with van der Waals surface area (Å²) in [5, 5.41) is 4.51. The highest BCUT2D eigenvalue weighted by Gasteiger charge is 1.97. The molecule has 9 heavy (non-hydrogen) atoms. The lowest BCUT2D eigenvalue weighted by Gasteiger charge is -2.14. The predicted molar refractivity (Wildman–Crippen MR) is 35.2 cm³/mol. The number of hydrogen-bond acceptors (Lipinski definition) is 3. The number of guanidine groups is 1. The van der Waals surface area contributed by atoms with Crippen LogP contribution in [0.1, 0.15) is 6.92 Å². The highest BCUT2D eigenvalue weighted by atomic mass is 16.7. The normalized spacial score (nSPS) is 11.6. The zero-order valence-electron chi connectivity index (χ0n) is 5.66. The topological polar surface area (TPSA) is 76.9 Å². The number of hydrogen-bond donors (Lipinski definition) is 2. The number of rotatable bonds is 2. The Bertz CT molecular complexity index is 103. The first kappa shape index (κ1) is 8.03. The van der Waals surface area contributed by atoms with Gasteiger partial charge < -0.3 is 11.6 Å². The van der Waals surface area contributed by atoms with Gasteiger partial charge in [0.2, 0.25) is 5.96 Å². The van der Waals surface area contributed by atoms with Crippen molar-refractivity contribution in [2.45, 2.75) is 6.92 Å². The quantitative estimate of drug-likeness (QED) is 0.220. The lowest BCUT2D eigenvalue weighted by Crippen LogP contribution is -2.34. The predicted octanol–water partition coefficient (Wildman–Crippen LogP) is -0.942. The Morgan fingerprint density at radius 3 is 2.67 bits per heavy atom. The van der Waals surface area contributed by atoms with E-state index in [1.54, 1.807) is 7.05 Å². The first-order valence-electron chi connectivity index (χ1n) is 2.62. The molecule has 0 fully saturated rings. The van der Waals surface area contributed by atoms with E-state index in [0.717, 1.165) is 0 Å². The van der Waals surface area contributed by atoms with Gasteiger partial charge in [0.05, 0.1) is 6.61 Å². The summed E-state index contributed by atoms with van der Waals surface area (Å²) in [6.07, 6.45) is 0. The van der Waals surface area contributed by atoms with E-state index in [4.69, 9.17) is 16.4 Å². The van der Waals surface area contributed by atoms with Crippen molar-refractivity contribution in [2.24, 2.45) is 16.7 Å². The molecule has 54 valence electrons. The van der Waals surface area contributed by atoms with Crippen LogP contribution in [0.15, 0.2) is 5.10 Å². The Morgan fingerprint density at radius 1 is 1.78 bits per heavy atom. The van der Waals surface area contributed by atoms with Crippen LogP contribution in [-0.2, 0) is 4.84 Å². The summed E-state index contributed by atoms with van der Waals surface area (Å²) in [4.78, 5) is 4.89. The maximum Gasteiger partial charge on any atom is 0.237 e. The van der Waals surface area contributed by atoms with Crippen molar-refractivity contribution in [1.29, 1.82) is 0 Å². The van der Waals surface area contributed by atoms with E-state index in [1.165, 1.54) is 5.06 Å². The van der Waals surface area contributed by atoms with Gasteiger partial charge >= 0.3 is 0 Å². The van der Waals surface area contributed by atoms with Crippen LogP contribution in [0.4, 0.5) is 0 Å². The maximum absolute atomic E-state index is 5.23. The van der Waals surface area contributed by atoms with E-state index < -0.39 is 0 Å². The summed E-state index contributed by atoms with van der Waals surface area (Å²) in [5.74, 6) is 5.01. The highest BCUT2D eigenvalue weighted by molar-refractivity contribution is 5.76. The Labute approximate surface area is 54.2 Å². The molecule has 0 aromatic rings. The minimum Gasteiger partial charge on any atom is -0.367 e. The van der Waals surface area contributed by atoms with Crippen molar-refractivity contribution >= 4 is 5.96 Å². The van der Waals surface area contributed by atoms with E-state index in [0.29, 0.717) is 6.61 Å². The third-order valence-corrected chi connectivity index (χ3v) is 0.778. The Balaban J connectivity index is 3.59. The fourth-order valence-electron chi connectivity index (χ4n) is 0.341. The standard InChI is InChI=1S/C4H12N4O/c1-3-9-8(2)4(5)7-6/h3,6H2,1-2H3,(H2,5,7). The maximum atomic E-state index is 5.23. The first-order valence-corrected chi connectivity index (χ1v) is 2.62. The summed E-state index contributed by atoms with van der Waals surface area (Å²) >= 11 is 0. The van der Waals surface area contributed by atoms with E-state index in [1.807, 2.05) is 6.92 Å². The van der Waals surface area contributed by atoms with Crippen molar-refractivity contribution in [3.63, 3.8) is 0 Å². The Morgan fingerprint density at radius 2 is 2.33 bits per heavy atom. The fourth-order valence-corrected chi connectivity index (χ4v) is 0.341. The molecule has 0 atom stereocenters. The molecule has 0 saturated heterocycles. The zero-order chi connectivity index (χ0) is 7.28. The van der Waals surface area contributed by atoms with E-state index in [2.05, 4.69) is 5.10 Å². The van der Waals surface area contributed by atoms with Crippen LogP contribution >= 0.6 is 0 Å². The molecule has 0 radical (unpaired) electrons.